The molecule has 35 heavy (non-hydrogen) atoms. The average Bonchev–Trinajstić information content (AvgIpc) is 3.63. The summed E-state index contributed by atoms with van der Waals surface area (Å²) in [7, 11) is 6.15. The van der Waals surface area contributed by atoms with E-state index in [4.69, 9.17) is 14.7 Å². The molecule has 0 amide bonds. The highest BCUT2D eigenvalue weighted by atomic mass is 16.5. The summed E-state index contributed by atoms with van der Waals surface area (Å²) in [5.74, 6) is 4.27. The highest BCUT2D eigenvalue weighted by Gasteiger charge is 2.31. The standard InChI is InChI=1S/C29H37N5O/c1-32(2)23-14-17-34(19-23)22-10-11-26-25(18-22)29(31-28(30-26)21-8-9-21)33-15-12-20(13-16-33)24-6-4-5-7-27(24)35-3/h4-7,10-11,18,20-21,23H,8-9,12-17,19H2,1-3H3/t23-/m1/s1. The maximum atomic E-state index is 5.66. The van der Waals surface area contributed by atoms with E-state index in [0.717, 1.165) is 61.9 Å². The fourth-order valence-corrected chi connectivity index (χ4v) is 5.88. The Morgan fingerprint density at radius 1 is 0.857 bits per heavy atom. The number of likely N-dealkylation sites (N-methyl/N-ethyl adjacent to an activating group) is 1. The molecule has 6 rings (SSSR count). The van der Waals surface area contributed by atoms with Crippen molar-refractivity contribution >= 4 is 22.4 Å². The van der Waals surface area contributed by atoms with Gasteiger partial charge in [0.15, 0.2) is 0 Å². The lowest BCUT2D eigenvalue weighted by Gasteiger charge is -2.34. The molecule has 3 aromatic rings. The van der Waals surface area contributed by atoms with E-state index in [1.807, 2.05) is 0 Å². The van der Waals surface area contributed by atoms with Crippen LogP contribution in [0.4, 0.5) is 11.5 Å². The van der Waals surface area contributed by atoms with Crippen LogP contribution in [0.5, 0.6) is 5.75 Å². The van der Waals surface area contributed by atoms with Gasteiger partial charge in [-0.1, -0.05) is 18.2 Å². The third kappa shape index (κ3) is 4.44. The molecule has 1 aliphatic carbocycles. The molecule has 0 N–H and O–H groups in total. The Morgan fingerprint density at radius 2 is 1.63 bits per heavy atom. The molecule has 3 fully saturated rings. The van der Waals surface area contributed by atoms with Gasteiger partial charge in [0.05, 0.1) is 12.6 Å². The number of aromatic nitrogens is 2. The number of hydrogen-bond acceptors (Lipinski definition) is 6. The highest BCUT2D eigenvalue weighted by molar-refractivity contribution is 5.92. The fraction of sp³-hybridized carbons (Fsp3) is 0.517. The summed E-state index contributed by atoms with van der Waals surface area (Å²) in [6.07, 6.45) is 5.88. The number of piperidine rings is 1. The van der Waals surface area contributed by atoms with Gasteiger partial charge in [0, 0.05) is 49.2 Å². The molecule has 184 valence electrons. The van der Waals surface area contributed by atoms with E-state index in [1.165, 1.54) is 35.9 Å². The normalized spacial score (nSPS) is 21.3. The molecule has 0 radical (unpaired) electrons. The third-order valence-corrected chi connectivity index (χ3v) is 8.25. The number of fused-ring (bicyclic) bond motifs is 1. The second-order valence-corrected chi connectivity index (χ2v) is 10.7. The van der Waals surface area contributed by atoms with Crippen LogP contribution in [0.3, 0.4) is 0 Å². The van der Waals surface area contributed by atoms with Crippen molar-refractivity contribution in [3.63, 3.8) is 0 Å². The number of hydrogen-bond donors (Lipinski definition) is 0. The second-order valence-electron chi connectivity index (χ2n) is 10.7. The second kappa shape index (κ2) is 9.30. The molecule has 2 saturated heterocycles. The van der Waals surface area contributed by atoms with Crippen molar-refractivity contribution in [2.75, 3.05) is 57.2 Å². The first kappa shape index (κ1) is 22.6. The average molecular weight is 472 g/mol. The third-order valence-electron chi connectivity index (χ3n) is 8.25. The lowest BCUT2D eigenvalue weighted by Crippen LogP contribution is -2.34. The highest BCUT2D eigenvalue weighted by Crippen LogP contribution is 2.42. The minimum atomic E-state index is 0.529. The lowest BCUT2D eigenvalue weighted by atomic mass is 9.88. The number of anilines is 2. The van der Waals surface area contributed by atoms with Gasteiger partial charge in [-0.15, -0.1) is 0 Å². The molecule has 6 heteroatoms. The summed E-state index contributed by atoms with van der Waals surface area (Å²) >= 11 is 0. The molecule has 3 aliphatic rings. The zero-order chi connectivity index (χ0) is 23.9. The largest absolute Gasteiger partial charge is 0.496 e. The van der Waals surface area contributed by atoms with Gasteiger partial charge in [-0.2, -0.15) is 0 Å². The predicted octanol–water partition coefficient (Wildman–Crippen LogP) is 5.04. The zero-order valence-electron chi connectivity index (χ0n) is 21.3. The lowest BCUT2D eigenvalue weighted by molar-refractivity contribution is 0.315. The Bertz CT molecular complexity index is 1200. The Morgan fingerprint density at radius 3 is 2.34 bits per heavy atom. The van der Waals surface area contributed by atoms with Gasteiger partial charge in [-0.05, 0) is 81.9 Å². The van der Waals surface area contributed by atoms with Crippen LogP contribution in [0.1, 0.15) is 55.3 Å². The van der Waals surface area contributed by atoms with Crippen LogP contribution < -0.4 is 14.5 Å². The van der Waals surface area contributed by atoms with Gasteiger partial charge in [-0.3, -0.25) is 0 Å². The van der Waals surface area contributed by atoms with E-state index in [1.54, 1.807) is 7.11 Å². The molecule has 1 saturated carbocycles. The van der Waals surface area contributed by atoms with Gasteiger partial charge < -0.3 is 19.4 Å². The van der Waals surface area contributed by atoms with Crippen molar-refractivity contribution in [3.05, 3.63) is 53.9 Å². The van der Waals surface area contributed by atoms with Gasteiger partial charge in [0.1, 0.15) is 17.4 Å². The molecule has 0 spiro atoms. The molecule has 0 unspecified atom stereocenters. The predicted molar refractivity (Wildman–Crippen MR) is 143 cm³/mol. The molecule has 0 bridgehead atoms. The number of methoxy groups -OCH3 is 1. The van der Waals surface area contributed by atoms with Crippen LogP contribution in [-0.4, -0.2) is 68.3 Å². The van der Waals surface area contributed by atoms with Crippen LogP contribution in [0, 0.1) is 0 Å². The molecule has 1 atom stereocenters. The van der Waals surface area contributed by atoms with Gasteiger partial charge in [-0.25, -0.2) is 9.97 Å². The minimum absolute atomic E-state index is 0.529. The van der Waals surface area contributed by atoms with E-state index in [-0.39, 0.29) is 0 Å². The van der Waals surface area contributed by atoms with Crippen molar-refractivity contribution in [2.45, 2.75) is 50.0 Å². The van der Waals surface area contributed by atoms with E-state index in [2.05, 4.69) is 71.3 Å². The van der Waals surface area contributed by atoms with E-state index in [9.17, 15) is 0 Å². The van der Waals surface area contributed by atoms with Crippen LogP contribution >= 0.6 is 0 Å². The van der Waals surface area contributed by atoms with Crippen molar-refractivity contribution in [2.24, 2.45) is 0 Å². The monoisotopic (exact) mass is 471 g/mol. The maximum Gasteiger partial charge on any atom is 0.140 e. The Kier molecular flexibility index (Phi) is 6.01. The summed E-state index contributed by atoms with van der Waals surface area (Å²) in [5, 5.41) is 1.20. The van der Waals surface area contributed by atoms with Crippen LogP contribution in [-0.2, 0) is 0 Å². The first-order chi connectivity index (χ1) is 17.1. The van der Waals surface area contributed by atoms with E-state index < -0.39 is 0 Å². The smallest absolute Gasteiger partial charge is 0.140 e. The minimum Gasteiger partial charge on any atom is -0.496 e. The van der Waals surface area contributed by atoms with Crippen molar-refractivity contribution in [1.29, 1.82) is 0 Å². The zero-order valence-corrected chi connectivity index (χ0v) is 21.3. The van der Waals surface area contributed by atoms with Crippen molar-refractivity contribution in [3.8, 4) is 5.75 Å². The molecular formula is C29H37N5O. The molecule has 2 aromatic carbocycles. The summed E-state index contributed by atoms with van der Waals surface area (Å²) in [4.78, 5) is 17.6. The van der Waals surface area contributed by atoms with Gasteiger partial charge in [0.25, 0.3) is 0 Å². The maximum absolute atomic E-state index is 5.66. The SMILES string of the molecule is COc1ccccc1C1CCN(c2nc(C3CC3)nc3ccc(N4CC[C@@H](N(C)C)C4)cc23)CC1. The summed E-state index contributed by atoms with van der Waals surface area (Å²) < 4.78 is 5.66. The summed E-state index contributed by atoms with van der Waals surface area (Å²) in [6.45, 7) is 4.21. The van der Waals surface area contributed by atoms with Gasteiger partial charge in [0.2, 0.25) is 0 Å². The Hall–Kier alpha value is -2.86. The van der Waals surface area contributed by atoms with Crippen molar-refractivity contribution in [1.82, 2.24) is 14.9 Å². The van der Waals surface area contributed by atoms with Crippen LogP contribution in [0.2, 0.25) is 0 Å². The topological polar surface area (TPSA) is 44.7 Å². The van der Waals surface area contributed by atoms with Crippen LogP contribution in [0.25, 0.3) is 10.9 Å². The van der Waals surface area contributed by atoms with Gasteiger partial charge >= 0.3 is 0 Å². The summed E-state index contributed by atoms with van der Waals surface area (Å²) in [5.41, 5.74) is 3.73. The first-order valence-electron chi connectivity index (χ1n) is 13.2. The Labute approximate surface area is 208 Å². The molecule has 2 aliphatic heterocycles. The Balaban J connectivity index is 1.29. The number of para-hydroxylation sites is 1. The molecule has 3 heterocycles. The van der Waals surface area contributed by atoms with Crippen LogP contribution in [0.15, 0.2) is 42.5 Å². The molecule has 6 nitrogen and oxygen atoms in total. The number of benzene rings is 2. The quantitative estimate of drug-likeness (QED) is 0.502. The number of rotatable bonds is 6. The fourth-order valence-electron chi connectivity index (χ4n) is 5.88. The summed E-state index contributed by atoms with van der Waals surface area (Å²) in [6, 6.07) is 16.0. The molecule has 1 aromatic heterocycles. The van der Waals surface area contributed by atoms with E-state index in [0.29, 0.717) is 17.9 Å². The number of nitrogens with zero attached hydrogens (tertiary/aromatic N) is 5. The van der Waals surface area contributed by atoms with E-state index >= 15 is 0 Å². The molecular weight excluding hydrogens is 434 g/mol. The van der Waals surface area contributed by atoms with Crippen molar-refractivity contribution < 1.29 is 4.74 Å². The first-order valence-corrected chi connectivity index (χ1v) is 13.2. The number of ether oxygens (including phenoxy) is 1.